The van der Waals surface area contributed by atoms with Gasteiger partial charge in [-0.15, -0.1) is 0 Å². The topological polar surface area (TPSA) is 88.1 Å². The van der Waals surface area contributed by atoms with Gasteiger partial charge in [0.05, 0.1) is 17.7 Å². The van der Waals surface area contributed by atoms with Gasteiger partial charge in [-0.05, 0) is 59.7 Å². The van der Waals surface area contributed by atoms with Gasteiger partial charge in [-0.2, -0.15) is 9.41 Å². The molecule has 0 aromatic heterocycles. The summed E-state index contributed by atoms with van der Waals surface area (Å²) in [5.74, 6) is -0.824. The molecule has 0 spiro atoms. The van der Waals surface area contributed by atoms with E-state index in [0.717, 1.165) is 15.9 Å². The van der Waals surface area contributed by atoms with E-state index in [9.17, 15) is 17.6 Å². The van der Waals surface area contributed by atoms with E-state index in [4.69, 9.17) is 27.9 Å². The molecule has 1 N–H and O–H groups in total. The van der Waals surface area contributed by atoms with Crippen LogP contribution in [0.4, 0.5) is 4.39 Å². The highest BCUT2D eigenvalue weighted by atomic mass is 35.5. The third-order valence-electron chi connectivity index (χ3n) is 5.68. The van der Waals surface area contributed by atoms with Crippen LogP contribution in [0.5, 0.6) is 5.75 Å². The van der Waals surface area contributed by atoms with Gasteiger partial charge in [0.1, 0.15) is 18.2 Å². The van der Waals surface area contributed by atoms with Crippen molar-refractivity contribution in [2.75, 3.05) is 6.54 Å². The summed E-state index contributed by atoms with van der Waals surface area (Å²) < 4.78 is 47.9. The van der Waals surface area contributed by atoms with Gasteiger partial charge in [-0.3, -0.25) is 4.79 Å². The number of halogens is 3. The lowest BCUT2D eigenvalue weighted by molar-refractivity contribution is -0.121. The van der Waals surface area contributed by atoms with Gasteiger partial charge >= 0.3 is 0 Å². The molecule has 0 aliphatic heterocycles. The number of hydrogen-bond donors (Lipinski definition) is 1. The van der Waals surface area contributed by atoms with Gasteiger partial charge < -0.3 is 4.74 Å². The van der Waals surface area contributed by atoms with Crippen LogP contribution in [0, 0.1) is 5.82 Å². The Balaban J connectivity index is 1.46. The molecule has 0 radical (unpaired) electrons. The number of sulfonamides is 1. The molecule has 4 aromatic carbocycles. The molecule has 40 heavy (non-hydrogen) atoms. The molecular weight excluding hydrogens is 576 g/mol. The predicted molar refractivity (Wildman–Crippen MR) is 153 cm³/mol. The standard InChI is InChI=1S/C29H24Cl2FN3O4S/c30-23-12-14-25(15-13-23)40(37,38)35(18-26-27(31)10-5-11-28(26)32)19-29(36)34-33-17-22-8-4-9-24(16-22)39-20-21-6-2-1-3-7-21/h1-17H,18-20H2,(H,34,36)/b33-17-. The zero-order valence-electron chi connectivity index (χ0n) is 21.0. The molecule has 4 rings (SSSR count). The first-order valence-electron chi connectivity index (χ1n) is 12.0. The molecular formula is C29H24Cl2FN3O4S. The summed E-state index contributed by atoms with van der Waals surface area (Å²) in [6, 6.07) is 26.2. The largest absolute Gasteiger partial charge is 0.489 e. The Morgan fingerprint density at radius 2 is 1.68 bits per heavy atom. The summed E-state index contributed by atoms with van der Waals surface area (Å²) in [6.07, 6.45) is 1.40. The lowest BCUT2D eigenvalue weighted by Gasteiger charge is -2.22. The van der Waals surface area contributed by atoms with Crippen molar-refractivity contribution in [2.24, 2.45) is 5.10 Å². The van der Waals surface area contributed by atoms with Crippen molar-refractivity contribution in [1.82, 2.24) is 9.73 Å². The minimum absolute atomic E-state index is 0.0316. The van der Waals surface area contributed by atoms with Crippen molar-refractivity contribution in [2.45, 2.75) is 18.0 Å². The Morgan fingerprint density at radius 1 is 0.950 bits per heavy atom. The van der Waals surface area contributed by atoms with Crippen LogP contribution in [0.25, 0.3) is 0 Å². The fourth-order valence-corrected chi connectivity index (χ4v) is 5.35. The van der Waals surface area contributed by atoms with Crippen molar-refractivity contribution in [3.63, 3.8) is 0 Å². The minimum atomic E-state index is -4.24. The smallest absolute Gasteiger partial charge is 0.255 e. The monoisotopic (exact) mass is 599 g/mol. The summed E-state index contributed by atoms with van der Waals surface area (Å²) in [5.41, 5.74) is 3.92. The van der Waals surface area contributed by atoms with Crippen LogP contribution in [0.15, 0.2) is 107 Å². The van der Waals surface area contributed by atoms with Gasteiger partial charge in [0.2, 0.25) is 10.0 Å². The molecule has 0 heterocycles. The van der Waals surface area contributed by atoms with Gasteiger partial charge in [-0.25, -0.2) is 18.2 Å². The van der Waals surface area contributed by atoms with E-state index in [1.54, 1.807) is 24.3 Å². The Hall–Kier alpha value is -3.76. The molecule has 1 amide bonds. The van der Waals surface area contributed by atoms with Crippen molar-refractivity contribution in [3.05, 3.63) is 130 Å². The maximum absolute atomic E-state index is 14.5. The molecule has 206 valence electrons. The van der Waals surface area contributed by atoms with Crippen LogP contribution in [-0.2, 0) is 28.0 Å². The molecule has 0 saturated heterocycles. The van der Waals surface area contributed by atoms with Crippen molar-refractivity contribution >= 4 is 45.3 Å². The first-order valence-corrected chi connectivity index (χ1v) is 14.2. The van der Waals surface area contributed by atoms with Crippen LogP contribution in [0.2, 0.25) is 10.0 Å². The summed E-state index contributed by atoms with van der Waals surface area (Å²) >= 11 is 12.0. The van der Waals surface area contributed by atoms with E-state index in [2.05, 4.69) is 10.5 Å². The third kappa shape index (κ3) is 7.89. The van der Waals surface area contributed by atoms with Crippen molar-refractivity contribution in [3.8, 4) is 5.75 Å². The Kier molecular flexibility index (Phi) is 9.89. The number of hydrogen-bond acceptors (Lipinski definition) is 5. The zero-order valence-corrected chi connectivity index (χ0v) is 23.3. The van der Waals surface area contributed by atoms with Gasteiger partial charge in [0.15, 0.2) is 0 Å². The molecule has 0 saturated carbocycles. The van der Waals surface area contributed by atoms with Crippen LogP contribution in [0.1, 0.15) is 16.7 Å². The number of benzene rings is 4. The van der Waals surface area contributed by atoms with E-state index >= 15 is 0 Å². The molecule has 11 heteroatoms. The summed E-state index contributed by atoms with van der Waals surface area (Å²) in [7, 11) is -4.24. The first kappa shape index (κ1) is 29.2. The predicted octanol–water partition coefficient (Wildman–Crippen LogP) is 6.05. The number of nitrogens with zero attached hydrogens (tertiary/aromatic N) is 2. The fourth-order valence-electron chi connectivity index (χ4n) is 3.64. The number of nitrogens with one attached hydrogen (secondary N) is 1. The molecule has 4 aromatic rings. The number of carbonyl (C=O) groups is 1. The van der Waals surface area contributed by atoms with E-state index in [0.29, 0.717) is 22.9 Å². The highest BCUT2D eigenvalue weighted by Gasteiger charge is 2.28. The fraction of sp³-hybridized carbons (Fsp3) is 0.103. The van der Waals surface area contributed by atoms with Crippen LogP contribution in [-0.4, -0.2) is 31.4 Å². The second kappa shape index (κ2) is 13.5. The average Bonchev–Trinajstić information content (AvgIpc) is 2.94. The van der Waals surface area contributed by atoms with Gasteiger partial charge in [0.25, 0.3) is 5.91 Å². The zero-order chi connectivity index (χ0) is 28.5. The molecule has 7 nitrogen and oxygen atoms in total. The minimum Gasteiger partial charge on any atom is -0.489 e. The van der Waals surface area contributed by atoms with Gasteiger partial charge in [-0.1, -0.05) is 71.7 Å². The second-order valence-corrected chi connectivity index (χ2v) is 11.3. The van der Waals surface area contributed by atoms with E-state index < -0.39 is 34.8 Å². The summed E-state index contributed by atoms with van der Waals surface area (Å²) in [5, 5.41) is 4.31. The third-order valence-corrected chi connectivity index (χ3v) is 8.09. The molecule has 0 aliphatic carbocycles. The number of hydrazone groups is 1. The molecule has 0 bridgehead atoms. The highest BCUT2D eigenvalue weighted by molar-refractivity contribution is 7.89. The molecule has 0 fully saturated rings. The molecule has 0 atom stereocenters. The normalized spacial score (nSPS) is 11.6. The van der Waals surface area contributed by atoms with Crippen LogP contribution < -0.4 is 10.2 Å². The van der Waals surface area contributed by atoms with Crippen LogP contribution in [0.3, 0.4) is 0 Å². The highest BCUT2D eigenvalue weighted by Crippen LogP contribution is 2.25. The average molecular weight is 600 g/mol. The number of carbonyl (C=O) groups excluding carboxylic acids is 1. The maximum atomic E-state index is 14.5. The van der Waals surface area contributed by atoms with E-state index in [1.807, 2.05) is 30.3 Å². The first-order chi connectivity index (χ1) is 19.2. The van der Waals surface area contributed by atoms with Gasteiger partial charge in [0, 0.05) is 22.2 Å². The lowest BCUT2D eigenvalue weighted by atomic mass is 10.2. The Bertz CT molecular complexity index is 1580. The molecule has 0 unspecified atom stereocenters. The molecule has 0 aliphatic rings. The number of amides is 1. The number of rotatable bonds is 11. The van der Waals surface area contributed by atoms with E-state index in [-0.39, 0.29) is 15.5 Å². The summed E-state index contributed by atoms with van der Waals surface area (Å²) in [4.78, 5) is 12.6. The van der Waals surface area contributed by atoms with E-state index in [1.165, 1.54) is 42.6 Å². The number of ether oxygens (including phenoxy) is 1. The lowest BCUT2D eigenvalue weighted by Crippen LogP contribution is -2.39. The van der Waals surface area contributed by atoms with Crippen molar-refractivity contribution in [1.29, 1.82) is 0 Å². The van der Waals surface area contributed by atoms with Crippen LogP contribution >= 0.6 is 23.2 Å². The quantitative estimate of drug-likeness (QED) is 0.168. The summed E-state index contributed by atoms with van der Waals surface area (Å²) in [6.45, 7) is -0.732. The van der Waals surface area contributed by atoms with Crippen molar-refractivity contribution < 1.29 is 22.3 Å². The Morgan fingerprint density at radius 3 is 2.40 bits per heavy atom. The SMILES string of the molecule is O=C(CN(Cc1c(F)cccc1Cl)S(=O)(=O)c1ccc(Cl)cc1)N/N=C\c1cccc(OCc2ccccc2)c1. The maximum Gasteiger partial charge on any atom is 0.255 e. The Labute approximate surface area is 241 Å². The second-order valence-electron chi connectivity index (χ2n) is 8.57.